The highest BCUT2D eigenvalue weighted by atomic mass is 35.5. The average Bonchev–Trinajstić information content (AvgIpc) is 3.50. The maximum absolute atomic E-state index is 16.8. The van der Waals surface area contributed by atoms with Crippen LogP contribution < -0.4 is 20.7 Å². The SMILES string of the molecule is C[C@H](Oc1nc2c3c(c(Cl)c(-c4ccc(F)c5sc(N)c(C#N)c45)c(F)c3n1)CCN2C1CNC1)[C@@H]1CCCN1C. The third-order valence-electron chi connectivity index (χ3n) is 8.77. The normalized spacial score (nSPS) is 20.0. The number of nitrogens with one attached hydrogen (secondary N) is 1. The Labute approximate surface area is 244 Å². The standard InChI is InChI=1S/C29H28ClF2N7OS/c1-13(19-4-3-8-38(19)2)40-29-36-25-22-16(7-9-39(28(22)37-29)14-11-35-12-14)23(30)21(24(25)32)15-5-6-18(31)26-20(15)17(10-33)27(34)41-26/h5-6,13-14,19,35H,3-4,7-9,11-12,34H2,1-2H3/t13-,19-/m0/s1. The first kappa shape index (κ1) is 26.6. The molecule has 2 aromatic carbocycles. The average molecular weight is 596 g/mol. The summed E-state index contributed by atoms with van der Waals surface area (Å²) < 4.78 is 38.2. The molecule has 0 spiro atoms. The van der Waals surface area contributed by atoms with Gasteiger partial charge in [0.15, 0.2) is 5.82 Å². The Bertz CT molecular complexity index is 1770. The monoisotopic (exact) mass is 595 g/mol. The molecule has 4 aromatic rings. The number of thiophene rings is 1. The third kappa shape index (κ3) is 4.03. The predicted octanol–water partition coefficient (Wildman–Crippen LogP) is 5.09. The van der Waals surface area contributed by atoms with Crippen LogP contribution in [0.2, 0.25) is 5.02 Å². The number of nitrogens with zero attached hydrogens (tertiary/aromatic N) is 5. The van der Waals surface area contributed by atoms with E-state index >= 15 is 4.39 Å². The molecule has 2 atom stereocenters. The van der Waals surface area contributed by atoms with Gasteiger partial charge < -0.3 is 20.7 Å². The second-order valence-electron chi connectivity index (χ2n) is 11.1. The van der Waals surface area contributed by atoms with Gasteiger partial charge in [-0.2, -0.15) is 15.2 Å². The van der Waals surface area contributed by atoms with Gasteiger partial charge in [0.2, 0.25) is 0 Å². The van der Waals surface area contributed by atoms with Gasteiger partial charge in [-0.3, -0.25) is 4.90 Å². The number of aromatic nitrogens is 2. The maximum Gasteiger partial charge on any atom is 0.319 e. The van der Waals surface area contributed by atoms with Crippen LogP contribution in [0.1, 0.15) is 30.9 Å². The second-order valence-corrected chi connectivity index (χ2v) is 12.5. The van der Waals surface area contributed by atoms with Crippen molar-refractivity contribution >= 4 is 54.7 Å². The number of fused-ring (bicyclic) bond motifs is 1. The summed E-state index contributed by atoms with van der Waals surface area (Å²) >= 11 is 7.97. The van der Waals surface area contributed by atoms with Crippen LogP contribution >= 0.6 is 22.9 Å². The van der Waals surface area contributed by atoms with Gasteiger partial charge in [-0.05, 0) is 57.0 Å². The molecule has 41 heavy (non-hydrogen) atoms. The smallest absolute Gasteiger partial charge is 0.319 e. The molecule has 2 fully saturated rings. The highest BCUT2D eigenvalue weighted by Crippen LogP contribution is 2.48. The van der Waals surface area contributed by atoms with Crippen molar-refractivity contribution in [2.75, 3.05) is 43.9 Å². The highest BCUT2D eigenvalue weighted by molar-refractivity contribution is 7.23. The summed E-state index contributed by atoms with van der Waals surface area (Å²) in [5, 5.41) is 14.3. The molecular weight excluding hydrogens is 568 g/mol. The molecule has 5 heterocycles. The zero-order chi connectivity index (χ0) is 28.6. The lowest BCUT2D eigenvalue weighted by Gasteiger charge is -2.42. The number of likely N-dealkylation sites (tertiary alicyclic amines) is 1. The van der Waals surface area contributed by atoms with Crippen molar-refractivity contribution in [1.82, 2.24) is 20.2 Å². The lowest BCUT2D eigenvalue weighted by atomic mass is 9.91. The van der Waals surface area contributed by atoms with Crippen molar-refractivity contribution in [2.45, 2.75) is 44.4 Å². The topological polar surface area (TPSA) is 103 Å². The zero-order valence-electron chi connectivity index (χ0n) is 22.6. The number of anilines is 2. The Kier molecular flexibility index (Phi) is 6.43. The van der Waals surface area contributed by atoms with Crippen LogP contribution in [0.3, 0.4) is 0 Å². The van der Waals surface area contributed by atoms with Gasteiger partial charge in [-0.25, -0.2) is 8.78 Å². The summed E-state index contributed by atoms with van der Waals surface area (Å²) in [6, 6.07) is 5.32. The van der Waals surface area contributed by atoms with Crippen LogP contribution in [-0.2, 0) is 6.42 Å². The lowest BCUT2D eigenvalue weighted by molar-refractivity contribution is 0.112. The molecule has 212 valence electrons. The molecule has 3 N–H and O–H groups in total. The number of nitriles is 1. The van der Waals surface area contributed by atoms with Crippen molar-refractivity contribution in [2.24, 2.45) is 0 Å². The van der Waals surface area contributed by atoms with Gasteiger partial charge in [0.25, 0.3) is 0 Å². The first-order valence-corrected chi connectivity index (χ1v) is 14.9. The van der Waals surface area contributed by atoms with Crippen LogP contribution in [0.15, 0.2) is 12.1 Å². The summed E-state index contributed by atoms with van der Waals surface area (Å²) in [4.78, 5) is 13.9. The number of hydrogen-bond donors (Lipinski definition) is 2. The largest absolute Gasteiger partial charge is 0.459 e. The van der Waals surface area contributed by atoms with Crippen molar-refractivity contribution in [3.8, 4) is 23.2 Å². The van der Waals surface area contributed by atoms with Crippen LogP contribution in [0.4, 0.5) is 19.6 Å². The minimum Gasteiger partial charge on any atom is -0.459 e. The van der Waals surface area contributed by atoms with Crippen molar-refractivity contribution in [3.05, 3.63) is 39.9 Å². The van der Waals surface area contributed by atoms with Gasteiger partial charge in [-0.1, -0.05) is 17.7 Å². The van der Waals surface area contributed by atoms with Crippen LogP contribution in [0.25, 0.3) is 32.1 Å². The molecule has 8 nitrogen and oxygen atoms in total. The van der Waals surface area contributed by atoms with Gasteiger partial charge in [0.1, 0.15) is 34.3 Å². The van der Waals surface area contributed by atoms with Crippen LogP contribution in [0, 0.1) is 23.0 Å². The summed E-state index contributed by atoms with van der Waals surface area (Å²) in [7, 11) is 2.07. The van der Waals surface area contributed by atoms with E-state index in [1.165, 1.54) is 12.1 Å². The molecule has 0 unspecified atom stereocenters. The van der Waals surface area contributed by atoms with E-state index in [-0.39, 0.29) is 61.0 Å². The van der Waals surface area contributed by atoms with Crippen molar-refractivity contribution in [1.29, 1.82) is 5.26 Å². The van der Waals surface area contributed by atoms with E-state index in [1.54, 1.807) is 0 Å². The molecule has 0 aliphatic carbocycles. The number of likely N-dealkylation sites (N-methyl/N-ethyl adjacent to an activating group) is 1. The Morgan fingerprint density at radius 3 is 2.73 bits per heavy atom. The Morgan fingerprint density at radius 2 is 2.05 bits per heavy atom. The summed E-state index contributed by atoms with van der Waals surface area (Å²) in [6.45, 7) is 5.24. The predicted molar refractivity (Wildman–Crippen MR) is 158 cm³/mol. The van der Waals surface area contributed by atoms with Gasteiger partial charge in [0, 0.05) is 36.6 Å². The van der Waals surface area contributed by atoms with Crippen molar-refractivity contribution in [3.63, 3.8) is 0 Å². The van der Waals surface area contributed by atoms with E-state index in [4.69, 9.17) is 27.1 Å². The van der Waals surface area contributed by atoms with Crippen LogP contribution in [0.5, 0.6) is 6.01 Å². The molecule has 7 rings (SSSR count). The van der Waals surface area contributed by atoms with Crippen molar-refractivity contribution < 1.29 is 13.5 Å². The molecule has 0 bridgehead atoms. The summed E-state index contributed by atoms with van der Waals surface area (Å²) in [6.07, 6.45) is 2.44. The molecule has 0 radical (unpaired) electrons. The first-order valence-electron chi connectivity index (χ1n) is 13.7. The summed E-state index contributed by atoms with van der Waals surface area (Å²) in [5.41, 5.74) is 7.39. The molecule has 2 aromatic heterocycles. The van der Waals surface area contributed by atoms with Gasteiger partial charge in [-0.15, -0.1) is 11.3 Å². The second kappa shape index (κ2) is 9.91. The fourth-order valence-corrected chi connectivity index (χ4v) is 7.87. The van der Waals surface area contributed by atoms with E-state index in [1.807, 2.05) is 6.92 Å². The van der Waals surface area contributed by atoms with Crippen LogP contribution in [-0.4, -0.2) is 66.3 Å². The van der Waals surface area contributed by atoms with E-state index in [0.29, 0.717) is 29.7 Å². The third-order valence-corrected chi connectivity index (χ3v) is 10.2. The van der Waals surface area contributed by atoms with E-state index in [0.717, 1.165) is 49.4 Å². The first-order chi connectivity index (χ1) is 19.8. The fraction of sp³-hybridized carbons (Fsp3) is 0.414. The molecular formula is C29H28ClF2N7OS. The van der Waals surface area contributed by atoms with E-state index in [2.05, 4.69) is 33.2 Å². The molecule has 0 saturated carbocycles. The Balaban J connectivity index is 1.47. The molecule has 3 aliphatic rings. The number of benzene rings is 2. The number of nitrogen functional groups attached to an aromatic ring is 1. The number of ether oxygens (including phenoxy) is 1. The van der Waals surface area contributed by atoms with E-state index in [9.17, 15) is 9.65 Å². The zero-order valence-corrected chi connectivity index (χ0v) is 24.2. The maximum atomic E-state index is 16.8. The summed E-state index contributed by atoms with van der Waals surface area (Å²) in [5.74, 6) is -0.585. The Morgan fingerprint density at radius 1 is 1.24 bits per heavy atom. The number of halogens is 3. The molecule has 2 saturated heterocycles. The Hall–Kier alpha value is -3.30. The highest BCUT2D eigenvalue weighted by Gasteiger charge is 2.36. The van der Waals surface area contributed by atoms with Gasteiger partial charge >= 0.3 is 6.01 Å². The fourth-order valence-electron chi connectivity index (χ4n) is 6.54. The quantitative estimate of drug-likeness (QED) is 0.329. The van der Waals surface area contributed by atoms with E-state index < -0.39 is 11.6 Å². The minimum atomic E-state index is -0.664. The minimum absolute atomic E-state index is 0.0754. The van der Waals surface area contributed by atoms with Gasteiger partial charge in [0.05, 0.1) is 26.7 Å². The molecule has 3 aliphatic heterocycles. The number of hydrogen-bond acceptors (Lipinski definition) is 9. The lowest BCUT2D eigenvalue weighted by Crippen LogP contribution is -2.58. The molecule has 0 amide bonds. The number of nitrogens with two attached hydrogens (primary N) is 1. The molecule has 12 heteroatoms. The number of rotatable bonds is 5.